The smallest absolute Gasteiger partial charge is 0.315 e. The highest BCUT2D eigenvalue weighted by Crippen LogP contribution is 2.45. The lowest BCUT2D eigenvalue weighted by Gasteiger charge is -2.27. The minimum atomic E-state index is -0.514. The number of fused-ring (bicyclic) bond motifs is 1. The zero-order valence-corrected chi connectivity index (χ0v) is 20.2. The van der Waals surface area contributed by atoms with E-state index in [1.165, 1.54) is 7.11 Å². The Hall–Kier alpha value is -4.41. The molecule has 0 aliphatic carbocycles. The number of nitrogens with two attached hydrogens (primary N) is 1. The minimum absolute atomic E-state index is 0.0226. The number of methoxy groups -OCH3 is 1. The summed E-state index contributed by atoms with van der Waals surface area (Å²) in [6.45, 7) is 3.98. The Labute approximate surface area is 213 Å². The second-order valence-electron chi connectivity index (χ2n) is 7.91. The van der Waals surface area contributed by atoms with Crippen molar-refractivity contribution >= 4 is 17.6 Å². The standard InChI is InChI=1S/C28H23ClN2O5/c1-3-12-34-23-11-6-18(14-25(23)33-2)27-21-10-9-20(15-24(21)36-28(31)22(27)16-30)35-26(32)13-17-4-7-19(29)8-5-17/h3-11,14-15,27H,1,12-13,31H2,2H3. The maximum absolute atomic E-state index is 12.5. The third-order valence-electron chi connectivity index (χ3n) is 5.56. The van der Waals surface area contributed by atoms with E-state index in [0.717, 1.165) is 11.1 Å². The number of halogens is 1. The number of carbonyl (C=O) groups excluding carboxylic acids is 1. The van der Waals surface area contributed by atoms with Gasteiger partial charge >= 0.3 is 5.97 Å². The fraction of sp³-hybridized carbons (Fsp3) is 0.143. The van der Waals surface area contributed by atoms with E-state index in [4.69, 9.17) is 36.3 Å². The van der Waals surface area contributed by atoms with Crippen molar-refractivity contribution in [1.82, 2.24) is 0 Å². The minimum Gasteiger partial charge on any atom is -0.493 e. The lowest BCUT2D eigenvalue weighted by Crippen LogP contribution is -2.21. The van der Waals surface area contributed by atoms with E-state index in [0.29, 0.717) is 40.2 Å². The summed E-state index contributed by atoms with van der Waals surface area (Å²) in [7, 11) is 1.54. The third-order valence-corrected chi connectivity index (χ3v) is 5.81. The number of nitriles is 1. The number of hydrogen-bond acceptors (Lipinski definition) is 7. The number of carbonyl (C=O) groups is 1. The molecular weight excluding hydrogens is 480 g/mol. The molecule has 0 radical (unpaired) electrons. The van der Waals surface area contributed by atoms with Crippen LogP contribution in [0.15, 0.2) is 84.8 Å². The Morgan fingerprint density at radius 1 is 1.17 bits per heavy atom. The normalized spacial score (nSPS) is 14.2. The highest BCUT2D eigenvalue weighted by Gasteiger charge is 2.31. The molecule has 2 N–H and O–H groups in total. The second-order valence-corrected chi connectivity index (χ2v) is 8.35. The summed E-state index contributed by atoms with van der Waals surface area (Å²) < 4.78 is 22.4. The Kier molecular flexibility index (Phi) is 7.47. The molecular formula is C28H23ClN2O5. The van der Waals surface area contributed by atoms with Crippen molar-refractivity contribution in [2.75, 3.05) is 13.7 Å². The molecule has 0 amide bonds. The average Bonchev–Trinajstić information content (AvgIpc) is 2.87. The third kappa shape index (κ3) is 5.29. The topological polar surface area (TPSA) is 104 Å². The average molecular weight is 503 g/mol. The molecule has 0 saturated carbocycles. The van der Waals surface area contributed by atoms with E-state index < -0.39 is 11.9 Å². The predicted octanol–water partition coefficient (Wildman–Crippen LogP) is 5.28. The van der Waals surface area contributed by atoms with E-state index in [-0.39, 0.29) is 17.9 Å². The van der Waals surface area contributed by atoms with E-state index >= 15 is 0 Å². The number of esters is 1. The van der Waals surface area contributed by atoms with Crippen LogP contribution in [0.5, 0.6) is 23.0 Å². The summed E-state index contributed by atoms with van der Waals surface area (Å²) in [4.78, 5) is 12.5. The molecule has 1 atom stereocenters. The van der Waals surface area contributed by atoms with Gasteiger partial charge in [-0.1, -0.05) is 48.5 Å². The molecule has 0 aromatic heterocycles. The van der Waals surface area contributed by atoms with Gasteiger partial charge in [-0.2, -0.15) is 5.26 Å². The first-order valence-electron chi connectivity index (χ1n) is 11.0. The molecule has 0 saturated heterocycles. The van der Waals surface area contributed by atoms with Gasteiger partial charge in [0.25, 0.3) is 0 Å². The van der Waals surface area contributed by atoms with Crippen molar-refractivity contribution in [2.24, 2.45) is 5.73 Å². The van der Waals surface area contributed by atoms with Crippen LogP contribution in [0.25, 0.3) is 0 Å². The summed E-state index contributed by atoms with van der Waals surface area (Å²) in [5.74, 6) is 0.763. The van der Waals surface area contributed by atoms with Crippen LogP contribution < -0.4 is 24.7 Å². The Morgan fingerprint density at radius 2 is 1.94 bits per heavy atom. The maximum atomic E-state index is 12.5. The lowest BCUT2D eigenvalue weighted by atomic mass is 9.83. The van der Waals surface area contributed by atoms with Crippen molar-refractivity contribution < 1.29 is 23.7 Å². The van der Waals surface area contributed by atoms with Crippen LogP contribution in [-0.2, 0) is 11.2 Å². The summed E-state index contributed by atoms with van der Waals surface area (Å²) >= 11 is 5.90. The van der Waals surface area contributed by atoms with Crippen molar-refractivity contribution in [1.29, 1.82) is 5.26 Å². The quantitative estimate of drug-likeness (QED) is 0.254. The molecule has 1 aliphatic rings. The van der Waals surface area contributed by atoms with Gasteiger partial charge in [0.15, 0.2) is 11.5 Å². The number of allylic oxidation sites excluding steroid dienone is 1. The number of rotatable bonds is 8. The second kappa shape index (κ2) is 10.9. The van der Waals surface area contributed by atoms with Gasteiger partial charge in [-0.25, -0.2) is 0 Å². The van der Waals surface area contributed by atoms with Crippen LogP contribution in [-0.4, -0.2) is 19.7 Å². The van der Waals surface area contributed by atoms with Crippen LogP contribution >= 0.6 is 11.6 Å². The van der Waals surface area contributed by atoms with Crippen molar-refractivity contribution in [3.8, 4) is 29.1 Å². The van der Waals surface area contributed by atoms with Gasteiger partial charge in [0.2, 0.25) is 5.88 Å². The van der Waals surface area contributed by atoms with Gasteiger partial charge in [-0.3, -0.25) is 4.79 Å². The first-order valence-corrected chi connectivity index (χ1v) is 11.4. The van der Waals surface area contributed by atoms with Gasteiger partial charge < -0.3 is 24.7 Å². The lowest BCUT2D eigenvalue weighted by molar-refractivity contribution is -0.133. The van der Waals surface area contributed by atoms with E-state index in [9.17, 15) is 10.1 Å². The number of nitrogens with zero attached hydrogens (tertiary/aromatic N) is 1. The monoisotopic (exact) mass is 502 g/mol. The Bertz CT molecular complexity index is 1380. The van der Waals surface area contributed by atoms with Crippen LogP contribution in [0, 0.1) is 11.3 Å². The summed E-state index contributed by atoms with van der Waals surface area (Å²) in [6, 6.07) is 19.5. The first kappa shape index (κ1) is 24.7. The maximum Gasteiger partial charge on any atom is 0.315 e. The Balaban J connectivity index is 1.63. The highest BCUT2D eigenvalue weighted by molar-refractivity contribution is 6.30. The number of ether oxygens (including phenoxy) is 4. The van der Waals surface area contributed by atoms with Crippen LogP contribution in [0.1, 0.15) is 22.6 Å². The molecule has 8 heteroatoms. The molecule has 7 nitrogen and oxygen atoms in total. The van der Waals surface area contributed by atoms with Gasteiger partial charge in [-0.05, 0) is 41.5 Å². The van der Waals surface area contributed by atoms with Crippen LogP contribution in [0.3, 0.4) is 0 Å². The zero-order valence-electron chi connectivity index (χ0n) is 19.5. The molecule has 0 fully saturated rings. The van der Waals surface area contributed by atoms with Crippen LogP contribution in [0.4, 0.5) is 0 Å². The molecule has 1 aliphatic heterocycles. The molecule has 3 aromatic rings. The SMILES string of the molecule is C=CCOc1ccc(C2C(C#N)=C(N)Oc3cc(OC(=O)Cc4ccc(Cl)cc4)ccc32)cc1OC. The van der Waals surface area contributed by atoms with Gasteiger partial charge in [0.05, 0.1) is 19.4 Å². The Morgan fingerprint density at radius 3 is 2.64 bits per heavy atom. The van der Waals surface area contributed by atoms with Crippen molar-refractivity contribution in [2.45, 2.75) is 12.3 Å². The summed E-state index contributed by atoms with van der Waals surface area (Å²) in [6.07, 6.45) is 1.72. The fourth-order valence-electron chi connectivity index (χ4n) is 3.91. The zero-order chi connectivity index (χ0) is 25.7. The van der Waals surface area contributed by atoms with E-state index in [1.54, 1.807) is 60.7 Å². The molecule has 1 unspecified atom stereocenters. The summed E-state index contributed by atoms with van der Waals surface area (Å²) in [5, 5.41) is 10.4. The highest BCUT2D eigenvalue weighted by atomic mass is 35.5. The molecule has 0 spiro atoms. The van der Waals surface area contributed by atoms with E-state index in [1.807, 2.05) is 6.07 Å². The first-order chi connectivity index (χ1) is 17.4. The molecule has 1 heterocycles. The molecule has 4 rings (SSSR count). The van der Waals surface area contributed by atoms with Gasteiger partial charge in [0, 0.05) is 16.7 Å². The van der Waals surface area contributed by atoms with Gasteiger partial charge in [0.1, 0.15) is 29.7 Å². The predicted molar refractivity (Wildman–Crippen MR) is 135 cm³/mol. The van der Waals surface area contributed by atoms with Crippen LogP contribution in [0.2, 0.25) is 5.02 Å². The van der Waals surface area contributed by atoms with Crippen molar-refractivity contribution in [3.63, 3.8) is 0 Å². The molecule has 3 aromatic carbocycles. The van der Waals surface area contributed by atoms with Crippen molar-refractivity contribution in [3.05, 3.63) is 106 Å². The van der Waals surface area contributed by atoms with Gasteiger partial charge in [-0.15, -0.1) is 0 Å². The molecule has 0 bridgehead atoms. The van der Waals surface area contributed by atoms with E-state index in [2.05, 4.69) is 12.6 Å². The summed E-state index contributed by atoms with van der Waals surface area (Å²) in [5.41, 5.74) is 8.60. The largest absolute Gasteiger partial charge is 0.493 e. The number of hydrogen-bond donors (Lipinski definition) is 1. The molecule has 36 heavy (non-hydrogen) atoms. The fourth-order valence-corrected chi connectivity index (χ4v) is 4.04. The molecule has 182 valence electrons. The number of benzene rings is 3.